The molecule has 22 heavy (non-hydrogen) atoms. The Kier molecular flexibility index (Phi) is 2.91. The van der Waals surface area contributed by atoms with Gasteiger partial charge in [-0.1, -0.05) is 12.1 Å². The number of nitrogens with zero attached hydrogens (tertiary/aromatic N) is 1. The Bertz CT molecular complexity index is 811. The van der Waals surface area contributed by atoms with Crippen LogP contribution in [0, 0.1) is 5.82 Å². The van der Waals surface area contributed by atoms with Gasteiger partial charge in [0.15, 0.2) is 0 Å². The van der Waals surface area contributed by atoms with Crippen LogP contribution >= 0.6 is 0 Å². The van der Waals surface area contributed by atoms with Gasteiger partial charge >= 0.3 is 5.97 Å². The SMILES string of the molecule is O=C(O)c1cc(N2C(=O)c3ccccc3C2=O)c(O)cc1F. The van der Waals surface area contributed by atoms with E-state index in [9.17, 15) is 23.9 Å². The number of aromatic hydroxyl groups is 1. The Hall–Kier alpha value is -3.22. The number of fused-ring (bicyclic) bond motifs is 1. The first-order valence-corrected chi connectivity index (χ1v) is 6.15. The van der Waals surface area contributed by atoms with Gasteiger partial charge in [0.05, 0.1) is 22.4 Å². The van der Waals surface area contributed by atoms with Crippen molar-refractivity contribution in [3.8, 4) is 5.75 Å². The molecule has 0 fully saturated rings. The van der Waals surface area contributed by atoms with Crippen molar-refractivity contribution in [1.29, 1.82) is 0 Å². The van der Waals surface area contributed by atoms with Gasteiger partial charge in [0.2, 0.25) is 0 Å². The van der Waals surface area contributed by atoms with Crippen molar-refractivity contribution in [3.05, 3.63) is 58.9 Å². The lowest BCUT2D eigenvalue weighted by molar-refractivity contribution is 0.0690. The molecule has 1 aliphatic rings. The van der Waals surface area contributed by atoms with Gasteiger partial charge < -0.3 is 10.2 Å². The van der Waals surface area contributed by atoms with Gasteiger partial charge in [-0.25, -0.2) is 14.1 Å². The highest BCUT2D eigenvalue weighted by Crippen LogP contribution is 2.35. The van der Waals surface area contributed by atoms with E-state index >= 15 is 0 Å². The highest BCUT2D eigenvalue weighted by Gasteiger charge is 2.38. The van der Waals surface area contributed by atoms with Crippen LogP contribution in [-0.2, 0) is 0 Å². The smallest absolute Gasteiger partial charge is 0.338 e. The Labute approximate surface area is 123 Å². The van der Waals surface area contributed by atoms with E-state index in [-0.39, 0.29) is 16.8 Å². The molecule has 0 saturated carbocycles. The zero-order chi connectivity index (χ0) is 16.0. The molecule has 0 aromatic heterocycles. The van der Waals surface area contributed by atoms with Crippen LogP contribution in [0.1, 0.15) is 31.1 Å². The highest BCUT2D eigenvalue weighted by atomic mass is 19.1. The molecule has 0 saturated heterocycles. The molecule has 6 nitrogen and oxygen atoms in total. The number of carboxylic acid groups (broad SMARTS) is 1. The average Bonchev–Trinajstić information content (AvgIpc) is 2.72. The van der Waals surface area contributed by atoms with Crippen LogP contribution in [0.4, 0.5) is 10.1 Å². The van der Waals surface area contributed by atoms with Crippen molar-refractivity contribution in [3.63, 3.8) is 0 Å². The van der Waals surface area contributed by atoms with Crippen molar-refractivity contribution < 1.29 is 29.0 Å². The number of phenolic OH excluding ortho intramolecular Hbond substituents is 1. The molecule has 2 N–H and O–H groups in total. The summed E-state index contributed by atoms with van der Waals surface area (Å²) < 4.78 is 13.5. The van der Waals surface area contributed by atoms with E-state index in [2.05, 4.69) is 0 Å². The van der Waals surface area contributed by atoms with Gasteiger partial charge in [-0.2, -0.15) is 0 Å². The number of aromatic carboxylic acids is 1. The second-order valence-corrected chi connectivity index (χ2v) is 4.62. The maximum Gasteiger partial charge on any atom is 0.338 e. The number of rotatable bonds is 2. The molecule has 0 radical (unpaired) electrons. The molecule has 1 aliphatic heterocycles. The summed E-state index contributed by atoms with van der Waals surface area (Å²) in [7, 11) is 0. The maximum absolute atomic E-state index is 13.5. The van der Waals surface area contributed by atoms with Crippen molar-refractivity contribution >= 4 is 23.5 Å². The van der Waals surface area contributed by atoms with Crippen LogP contribution in [0.3, 0.4) is 0 Å². The van der Waals surface area contributed by atoms with Crippen molar-refractivity contribution in [2.45, 2.75) is 0 Å². The zero-order valence-electron chi connectivity index (χ0n) is 10.9. The van der Waals surface area contributed by atoms with E-state index in [1.807, 2.05) is 0 Å². The number of carbonyl (C=O) groups is 3. The largest absolute Gasteiger partial charge is 0.506 e. The van der Waals surface area contributed by atoms with E-state index in [0.717, 1.165) is 6.07 Å². The molecule has 2 aromatic carbocycles. The second-order valence-electron chi connectivity index (χ2n) is 4.62. The summed E-state index contributed by atoms with van der Waals surface area (Å²) >= 11 is 0. The van der Waals surface area contributed by atoms with Crippen molar-refractivity contribution in [1.82, 2.24) is 0 Å². The van der Waals surface area contributed by atoms with Crippen LogP contribution in [0.5, 0.6) is 5.75 Å². The van der Waals surface area contributed by atoms with E-state index in [4.69, 9.17) is 5.11 Å². The third kappa shape index (κ3) is 1.83. The fourth-order valence-corrected chi connectivity index (χ4v) is 2.30. The highest BCUT2D eigenvalue weighted by molar-refractivity contribution is 6.34. The topological polar surface area (TPSA) is 94.9 Å². The van der Waals surface area contributed by atoms with E-state index in [1.54, 1.807) is 12.1 Å². The molecule has 1 heterocycles. The summed E-state index contributed by atoms with van der Waals surface area (Å²) in [6.45, 7) is 0. The summed E-state index contributed by atoms with van der Waals surface area (Å²) in [6.07, 6.45) is 0. The normalized spacial score (nSPS) is 13.4. The molecular weight excluding hydrogens is 293 g/mol. The second kappa shape index (κ2) is 4.66. The Balaban J connectivity index is 2.18. The fourth-order valence-electron chi connectivity index (χ4n) is 2.30. The molecule has 7 heteroatoms. The molecule has 2 aromatic rings. The van der Waals surface area contributed by atoms with E-state index in [0.29, 0.717) is 11.0 Å². The molecule has 0 atom stereocenters. The molecule has 0 bridgehead atoms. The van der Waals surface area contributed by atoms with E-state index < -0.39 is 34.9 Å². The van der Waals surface area contributed by atoms with Gasteiger partial charge in [0, 0.05) is 6.07 Å². The van der Waals surface area contributed by atoms with Crippen LogP contribution in [0.25, 0.3) is 0 Å². The number of anilines is 1. The summed E-state index contributed by atoms with van der Waals surface area (Å²) in [5, 5.41) is 18.7. The van der Waals surface area contributed by atoms with Gasteiger partial charge in [-0.05, 0) is 18.2 Å². The first-order valence-electron chi connectivity index (χ1n) is 6.15. The number of amides is 2. The van der Waals surface area contributed by atoms with Crippen molar-refractivity contribution in [2.24, 2.45) is 0 Å². The first kappa shape index (κ1) is 13.7. The van der Waals surface area contributed by atoms with Crippen molar-refractivity contribution in [2.75, 3.05) is 4.90 Å². The van der Waals surface area contributed by atoms with Gasteiger partial charge in [0.1, 0.15) is 11.6 Å². The summed E-state index contributed by atoms with van der Waals surface area (Å²) in [4.78, 5) is 36.2. The predicted molar refractivity (Wildman–Crippen MR) is 72.6 cm³/mol. The molecule has 0 aliphatic carbocycles. The summed E-state index contributed by atoms with van der Waals surface area (Å²) in [5.74, 6) is -4.85. The minimum absolute atomic E-state index is 0.133. The molecular formula is C15H8FNO5. The van der Waals surface area contributed by atoms with Crippen LogP contribution in [0.15, 0.2) is 36.4 Å². The zero-order valence-corrected chi connectivity index (χ0v) is 10.9. The first-order chi connectivity index (χ1) is 10.4. The molecule has 110 valence electrons. The Morgan fingerprint density at radius 1 is 1.05 bits per heavy atom. The third-order valence-corrected chi connectivity index (χ3v) is 3.33. The standard InChI is InChI=1S/C15H8FNO5/c16-10-6-12(18)11(5-9(10)15(21)22)17-13(19)7-3-1-2-4-8(7)14(17)20/h1-6,18H,(H,21,22). The number of carboxylic acids is 1. The average molecular weight is 301 g/mol. The quantitative estimate of drug-likeness (QED) is 0.828. The molecule has 0 unspecified atom stereocenters. The lowest BCUT2D eigenvalue weighted by atomic mass is 10.1. The minimum atomic E-state index is -1.57. The number of hydrogen-bond acceptors (Lipinski definition) is 4. The van der Waals surface area contributed by atoms with Gasteiger partial charge in [-0.3, -0.25) is 9.59 Å². The Morgan fingerprint density at radius 3 is 2.09 bits per heavy atom. The summed E-state index contributed by atoms with van der Waals surface area (Å²) in [5.41, 5.74) is -0.851. The van der Waals surface area contributed by atoms with Gasteiger partial charge in [-0.15, -0.1) is 0 Å². The number of phenols is 1. The number of imide groups is 1. The summed E-state index contributed by atoms with van der Waals surface area (Å²) in [6, 6.07) is 7.33. The predicted octanol–water partition coefficient (Wildman–Crippen LogP) is 2.03. The Morgan fingerprint density at radius 2 is 1.59 bits per heavy atom. The number of carbonyl (C=O) groups excluding carboxylic acids is 2. The van der Waals surface area contributed by atoms with Crippen LogP contribution < -0.4 is 4.90 Å². The lowest BCUT2D eigenvalue weighted by Gasteiger charge is -2.16. The number of hydrogen-bond donors (Lipinski definition) is 2. The van der Waals surface area contributed by atoms with Crippen LogP contribution in [0.2, 0.25) is 0 Å². The minimum Gasteiger partial charge on any atom is -0.506 e. The van der Waals surface area contributed by atoms with Crippen LogP contribution in [-0.4, -0.2) is 28.0 Å². The molecule has 2 amide bonds. The monoisotopic (exact) mass is 301 g/mol. The van der Waals surface area contributed by atoms with Gasteiger partial charge in [0.25, 0.3) is 11.8 Å². The maximum atomic E-state index is 13.5. The number of halogens is 1. The lowest BCUT2D eigenvalue weighted by Crippen LogP contribution is -2.29. The number of benzene rings is 2. The third-order valence-electron chi connectivity index (χ3n) is 3.33. The molecule has 0 spiro atoms. The van der Waals surface area contributed by atoms with E-state index in [1.165, 1.54) is 12.1 Å². The fraction of sp³-hybridized carbons (Fsp3) is 0. The molecule has 3 rings (SSSR count).